The molecule has 17 heavy (non-hydrogen) atoms. The van der Waals surface area contributed by atoms with Gasteiger partial charge in [-0.15, -0.1) is 11.3 Å². The van der Waals surface area contributed by atoms with E-state index in [1.165, 1.54) is 11.3 Å². The van der Waals surface area contributed by atoms with Crippen LogP contribution in [0.5, 0.6) is 0 Å². The Bertz CT molecular complexity index is 593. The molecule has 1 heterocycles. The molecule has 3 nitrogen and oxygen atoms in total. The molecular weight excluding hydrogens is 278 g/mol. The number of rotatable bonds is 4. The summed E-state index contributed by atoms with van der Waals surface area (Å²) in [4.78, 5) is 4.38. The molecule has 2 aromatic rings. The average Bonchev–Trinajstić information content (AvgIpc) is 2.75. The van der Waals surface area contributed by atoms with E-state index in [4.69, 9.17) is 10.7 Å². The molecule has 0 spiro atoms. The summed E-state index contributed by atoms with van der Waals surface area (Å²) in [7, 11) is 1.72. The predicted octanol–water partition coefficient (Wildman–Crippen LogP) is 2.92. The van der Waals surface area contributed by atoms with Crippen LogP contribution in [0.15, 0.2) is 35.7 Å². The van der Waals surface area contributed by atoms with Gasteiger partial charge < -0.3 is 0 Å². The molecule has 0 N–H and O–H groups in total. The Kier molecular flexibility index (Phi) is 3.81. The number of hydrogen-bond donors (Lipinski definition) is 0. The van der Waals surface area contributed by atoms with Gasteiger partial charge in [0.1, 0.15) is 0 Å². The van der Waals surface area contributed by atoms with Crippen LogP contribution < -0.4 is 0 Å². The maximum absolute atomic E-state index is 10.8. The van der Waals surface area contributed by atoms with Gasteiger partial charge in [-0.25, -0.2) is 13.4 Å². The summed E-state index contributed by atoms with van der Waals surface area (Å²) < 4.78 is 21.6. The van der Waals surface area contributed by atoms with Crippen LogP contribution in [0.25, 0.3) is 11.3 Å². The molecule has 0 saturated carbocycles. The Morgan fingerprint density at radius 1 is 1.24 bits per heavy atom. The number of aryl methyl sites for hydroxylation is 1. The van der Waals surface area contributed by atoms with Crippen molar-refractivity contribution in [2.24, 2.45) is 0 Å². The largest absolute Gasteiger partial charge is 0.241 e. The van der Waals surface area contributed by atoms with Crippen molar-refractivity contribution >= 4 is 31.1 Å². The van der Waals surface area contributed by atoms with Crippen LogP contribution in [0.2, 0.25) is 0 Å². The Balaban J connectivity index is 2.12. The molecule has 0 unspecified atom stereocenters. The second-order valence-corrected chi connectivity index (χ2v) is 7.32. The van der Waals surface area contributed by atoms with E-state index in [2.05, 4.69) is 4.98 Å². The van der Waals surface area contributed by atoms with E-state index in [0.29, 0.717) is 6.42 Å². The summed E-state index contributed by atoms with van der Waals surface area (Å²) in [5.41, 5.74) is 1.90. The number of benzene rings is 1. The van der Waals surface area contributed by atoms with E-state index in [1.807, 2.05) is 35.7 Å². The van der Waals surface area contributed by atoms with Gasteiger partial charge >= 0.3 is 0 Å². The van der Waals surface area contributed by atoms with Gasteiger partial charge in [0.05, 0.1) is 16.5 Å². The summed E-state index contributed by atoms with van der Waals surface area (Å²) in [6.07, 6.45) is 0.364. The minimum atomic E-state index is -3.44. The average molecular weight is 288 g/mol. The maximum atomic E-state index is 10.8. The lowest BCUT2D eigenvalue weighted by Crippen LogP contribution is -2.00. The molecule has 0 atom stereocenters. The smallest absolute Gasteiger partial charge is 0.233 e. The van der Waals surface area contributed by atoms with Crippen LogP contribution in [-0.2, 0) is 15.5 Å². The second-order valence-electron chi connectivity index (χ2n) is 3.49. The Morgan fingerprint density at radius 3 is 2.59 bits per heavy atom. The third-order valence-electron chi connectivity index (χ3n) is 2.18. The zero-order valence-electron chi connectivity index (χ0n) is 8.84. The van der Waals surface area contributed by atoms with Gasteiger partial charge in [-0.1, -0.05) is 30.3 Å². The fraction of sp³-hybridized carbons (Fsp3) is 0.182. The minimum absolute atomic E-state index is 0.0731. The predicted molar refractivity (Wildman–Crippen MR) is 70.9 cm³/mol. The molecule has 6 heteroatoms. The zero-order valence-corrected chi connectivity index (χ0v) is 11.2. The van der Waals surface area contributed by atoms with Gasteiger partial charge in [-0.2, -0.15) is 0 Å². The minimum Gasteiger partial charge on any atom is -0.241 e. The summed E-state index contributed by atoms with van der Waals surface area (Å²) in [6.45, 7) is 0. The molecule has 2 rings (SSSR count). The molecule has 0 aliphatic rings. The highest BCUT2D eigenvalue weighted by Crippen LogP contribution is 2.22. The number of halogens is 1. The first-order valence-corrected chi connectivity index (χ1v) is 8.32. The van der Waals surface area contributed by atoms with Gasteiger partial charge in [-0.05, 0) is 0 Å². The molecule has 0 fully saturated rings. The van der Waals surface area contributed by atoms with Crippen molar-refractivity contribution < 1.29 is 8.42 Å². The molecule has 0 aliphatic carbocycles. The standard InChI is InChI=1S/C11H10ClNO2S2/c12-17(14,15)7-6-11-13-10(8-16-11)9-4-2-1-3-5-9/h1-5,8H,6-7H2. The molecule has 1 aromatic carbocycles. The highest BCUT2D eigenvalue weighted by Gasteiger charge is 2.09. The highest BCUT2D eigenvalue weighted by molar-refractivity contribution is 8.13. The lowest BCUT2D eigenvalue weighted by Gasteiger charge is -1.95. The van der Waals surface area contributed by atoms with E-state index in [-0.39, 0.29) is 5.75 Å². The number of nitrogens with zero attached hydrogens (tertiary/aromatic N) is 1. The summed E-state index contributed by atoms with van der Waals surface area (Å²) in [6, 6.07) is 9.76. The van der Waals surface area contributed by atoms with Gasteiger partial charge in [0, 0.05) is 28.0 Å². The van der Waals surface area contributed by atoms with E-state index >= 15 is 0 Å². The number of hydrogen-bond acceptors (Lipinski definition) is 4. The third kappa shape index (κ3) is 3.80. The molecule has 0 aliphatic heterocycles. The van der Waals surface area contributed by atoms with Gasteiger partial charge in [0.15, 0.2) is 0 Å². The Morgan fingerprint density at radius 2 is 1.94 bits per heavy atom. The van der Waals surface area contributed by atoms with E-state index in [9.17, 15) is 8.42 Å². The fourth-order valence-electron chi connectivity index (χ4n) is 1.38. The van der Waals surface area contributed by atoms with Crippen molar-refractivity contribution in [1.82, 2.24) is 4.98 Å². The van der Waals surface area contributed by atoms with Crippen molar-refractivity contribution in [2.75, 3.05) is 5.75 Å². The van der Waals surface area contributed by atoms with Crippen molar-refractivity contribution in [3.8, 4) is 11.3 Å². The van der Waals surface area contributed by atoms with Crippen molar-refractivity contribution in [3.05, 3.63) is 40.7 Å². The van der Waals surface area contributed by atoms with Gasteiger partial charge in [-0.3, -0.25) is 0 Å². The lowest BCUT2D eigenvalue weighted by atomic mass is 10.2. The highest BCUT2D eigenvalue weighted by atomic mass is 35.7. The quantitative estimate of drug-likeness (QED) is 0.812. The fourth-order valence-corrected chi connectivity index (χ4v) is 2.98. The molecule has 90 valence electrons. The topological polar surface area (TPSA) is 47.0 Å². The van der Waals surface area contributed by atoms with Crippen LogP contribution in [-0.4, -0.2) is 19.2 Å². The second kappa shape index (κ2) is 5.16. The lowest BCUT2D eigenvalue weighted by molar-refractivity contribution is 0.609. The first-order chi connectivity index (χ1) is 8.04. The van der Waals surface area contributed by atoms with Crippen LogP contribution in [0.1, 0.15) is 5.01 Å². The first kappa shape index (κ1) is 12.5. The third-order valence-corrected chi connectivity index (χ3v) is 4.24. The van der Waals surface area contributed by atoms with Gasteiger partial charge in [0.2, 0.25) is 9.05 Å². The monoisotopic (exact) mass is 287 g/mol. The van der Waals surface area contributed by atoms with Gasteiger partial charge in [0.25, 0.3) is 0 Å². The number of thiazole rings is 1. The van der Waals surface area contributed by atoms with Crippen molar-refractivity contribution in [2.45, 2.75) is 6.42 Å². The van der Waals surface area contributed by atoms with Crippen LogP contribution >= 0.6 is 22.0 Å². The van der Waals surface area contributed by atoms with Crippen molar-refractivity contribution in [3.63, 3.8) is 0 Å². The normalized spacial score (nSPS) is 11.6. The first-order valence-electron chi connectivity index (χ1n) is 4.97. The van der Waals surface area contributed by atoms with E-state index in [0.717, 1.165) is 16.3 Å². The molecule has 0 amide bonds. The molecular formula is C11H10ClNO2S2. The molecule has 0 saturated heterocycles. The molecule has 0 radical (unpaired) electrons. The van der Waals surface area contributed by atoms with Crippen LogP contribution in [0, 0.1) is 0 Å². The van der Waals surface area contributed by atoms with E-state index in [1.54, 1.807) is 0 Å². The zero-order chi connectivity index (χ0) is 12.3. The van der Waals surface area contributed by atoms with Crippen LogP contribution in [0.4, 0.5) is 0 Å². The van der Waals surface area contributed by atoms with E-state index < -0.39 is 9.05 Å². The summed E-state index contributed by atoms with van der Waals surface area (Å²) in [5.74, 6) is -0.0731. The van der Waals surface area contributed by atoms with Crippen molar-refractivity contribution in [1.29, 1.82) is 0 Å². The molecule has 0 bridgehead atoms. The summed E-state index contributed by atoms with van der Waals surface area (Å²) in [5, 5.41) is 2.71. The van der Waals surface area contributed by atoms with Crippen LogP contribution in [0.3, 0.4) is 0 Å². The Hall–Kier alpha value is -0.910. The Labute approximate surface area is 109 Å². The SMILES string of the molecule is O=S(=O)(Cl)CCc1nc(-c2ccccc2)cs1. The number of aromatic nitrogens is 1. The maximum Gasteiger partial charge on any atom is 0.233 e. The molecule has 1 aromatic heterocycles. The summed E-state index contributed by atoms with van der Waals surface area (Å²) >= 11 is 1.45.